The highest BCUT2D eigenvalue weighted by molar-refractivity contribution is 6.30. The monoisotopic (exact) mass is 295 g/mol. The zero-order valence-electron chi connectivity index (χ0n) is 11.2. The predicted molar refractivity (Wildman–Crippen MR) is 77.7 cm³/mol. The van der Waals surface area contributed by atoms with Crippen LogP contribution in [-0.4, -0.2) is 0 Å². The third kappa shape index (κ3) is 3.56. The molecule has 2 aromatic carbocycles. The van der Waals surface area contributed by atoms with Crippen LogP contribution in [-0.2, 0) is 6.54 Å². The van der Waals surface area contributed by atoms with Crippen LogP contribution in [0.25, 0.3) is 0 Å². The first kappa shape index (κ1) is 14.9. The van der Waals surface area contributed by atoms with Gasteiger partial charge >= 0.3 is 0 Å². The molecule has 0 heterocycles. The number of rotatable bonds is 5. The summed E-state index contributed by atoms with van der Waals surface area (Å²) in [5.74, 6) is -1.05. The van der Waals surface area contributed by atoms with E-state index in [1.807, 2.05) is 31.2 Å². The van der Waals surface area contributed by atoms with E-state index in [-0.39, 0.29) is 18.2 Å². The molecular formula is C16H16ClF2N. The zero-order valence-corrected chi connectivity index (χ0v) is 11.9. The maximum atomic E-state index is 13.6. The van der Waals surface area contributed by atoms with Crippen molar-refractivity contribution in [2.45, 2.75) is 25.9 Å². The summed E-state index contributed by atoms with van der Waals surface area (Å²) in [7, 11) is 0. The van der Waals surface area contributed by atoms with E-state index < -0.39 is 11.6 Å². The van der Waals surface area contributed by atoms with Crippen molar-refractivity contribution in [1.82, 2.24) is 5.32 Å². The van der Waals surface area contributed by atoms with Crippen LogP contribution in [0.4, 0.5) is 8.78 Å². The highest BCUT2D eigenvalue weighted by atomic mass is 35.5. The number of benzene rings is 2. The van der Waals surface area contributed by atoms with Crippen LogP contribution in [0.5, 0.6) is 0 Å². The van der Waals surface area contributed by atoms with Crippen LogP contribution in [0.3, 0.4) is 0 Å². The Morgan fingerprint density at radius 1 is 1.05 bits per heavy atom. The lowest BCUT2D eigenvalue weighted by Gasteiger charge is -2.18. The van der Waals surface area contributed by atoms with Gasteiger partial charge < -0.3 is 5.32 Å². The Morgan fingerprint density at radius 3 is 2.20 bits per heavy atom. The summed E-state index contributed by atoms with van der Waals surface area (Å²) in [5.41, 5.74) is 1.12. The molecule has 4 heteroatoms. The fourth-order valence-electron chi connectivity index (χ4n) is 2.12. The van der Waals surface area contributed by atoms with Crippen LogP contribution >= 0.6 is 11.6 Å². The fourth-order valence-corrected chi connectivity index (χ4v) is 2.25. The first-order valence-corrected chi connectivity index (χ1v) is 6.91. The van der Waals surface area contributed by atoms with Gasteiger partial charge in [0.25, 0.3) is 0 Å². The lowest BCUT2D eigenvalue weighted by atomic mass is 10.0. The molecule has 20 heavy (non-hydrogen) atoms. The van der Waals surface area contributed by atoms with Crippen molar-refractivity contribution >= 4 is 11.6 Å². The first-order chi connectivity index (χ1) is 9.61. The normalized spacial score (nSPS) is 12.4. The first-order valence-electron chi connectivity index (χ1n) is 6.53. The number of nitrogens with one attached hydrogen (secondary N) is 1. The van der Waals surface area contributed by atoms with E-state index in [9.17, 15) is 8.78 Å². The Morgan fingerprint density at radius 2 is 1.65 bits per heavy atom. The van der Waals surface area contributed by atoms with Crippen molar-refractivity contribution in [3.63, 3.8) is 0 Å². The Labute approximate surface area is 122 Å². The average molecular weight is 296 g/mol. The van der Waals surface area contributed by atoms with Gasteiger partial charge in [0.2, 0.25) is 0 Å². The van der Waals surface area contributed by atoms with E-state index in [1.165, 1.54) is 18.2 Å². The smallest absolute Gasteiger partial charge is 0.130 e. The summed E-state index contributed by atoms with van der Waals surface area (Å²) in [5, 5.41) is 3.85. The molecule has 106 valence electrons. The predicted octanol–water partition coefficient (Wildman–Crippen LogP) is 4.86. The van der Waals surface area contributed by atoms with Crippen LogP contribution in [0.2, 0.25) is 5.02 Å². The minimum Gasteiger partial charge on any atom is -0.306 e. The zero-order chi connectivity index (χ0) is 14.5. The molecule has 0 bridgehead atoms. The van der Waals surface area contributed by atoms with Crippen molar-refractivity contribution in [2.75, 3.05) is 0 Å². The molecule has 0 aliphatic carbocycles. The van der Waals surface area contributed by atoms with Crippen LogP contribution in [0, 0.1) is 11.6 Å². The van der Waals surface area contributed by atoms with Gasteiger partial charge in [-0.3, -0.25) is 0 Å². The molecule has 2 aromatic rings. The van der Waals surface area contributed by atoms with E-state index in [4.69, 9.17) is 11.6 Å². The lowest BCUT2D eigenvalue weighted by molar-refractivity contribution is 0.483. The third-order valence-electron chi connectivity index (χ3n) is 3.27. The third-order valence-corrected chi connectivity index (χ3v) is 3.52. The fraction of sp³-hybridized carbons (Fsp3) is 0.250. The van der Waals surface area contributed by atoms with E-state index in [1.54, 1.807) is 0 Å². The van der Waals surface area contributed by atoms with Gasteiger partial charge in [-0.2, -0.15) is 0 Å². The van der Waals surface area contributed by atoms with Crippen molar-refractivity contribution in [3.05, 3.63) is 70.2 Å². The second kappa shape index (κ2) is 6.82. The molecule has 0 aliphatic heterocycles. The van der Waals surface area contributed by atoms with Gasteiger partial charge in [-0.05, 0) is 36.2 Å². The molecule has 1 N–H and O–H groups in total. The van der Waals surface area contributed by atoms with Gasteiger partial charge in [-0.1, -0.05) is 36.7 Å². The van der Waals surface area contributed by atoms with Gasteiger partial charge in [-0.25, -0.2) is 8.78 Å². The Hall–Kier alpha value is -1.45. The molecule has 0 fully saturated rings. The largest absolute Gasteiger partial charge is 0.306 e. The van der Waals surface area contributed by atoms with Gasteiger partial charge in [0, 0.05) is 23.2 Å². The van der Waals surface area contributed by atoms with E-state index in [0.717, 1.165) is 12.0 Å². The molecule has 0 spiro atoms. The SMILES string of the molecule is CCC(NCc1c(F)cccc1F)c1ccc(Cl)cc1. The minimum atomic E-state index is -0.525. The molecule has 0 amide bonds. The summed E-state index contributed by atoms with van der Waals surface area (Å²) < 4.78 is 27.1. The quantitative estimate of drug-likeness (QED) is 0.830. The van der Waals surface area contributed by atoms with Gasteiger partial charge in [-0.15, -0.1) is 0 Å². The Balaban J connectivity index is 2.09. The molecule has 0 saturated carbocycles. The van der Waals surface area contributed by atoms with Crippen molar-refractivity contribution in [3.8, 4) is 0 Å². The summed E-state index contributed by atoms with van der Waals surface area (Å²) in [6.45, 7) is 2.17. The molecular weight excluding hydrogens is 280 g/mol. The van der Waals surface area contributed by atoms with Gasteiger partial charge in [0.1, 0.15) is 11.6 Å². The topological polar surface area (TPSA) is 12.0 Å². The van der Waals surface area contributed by atoms with Crippen molar-refractivity contribution in [1.29, 1.82) is 0 Å². The van der Waals surface area contributed by atoms with Crippen molar-refractivity contribution in [2.24, 2.45) is 0 Å². The second-order valence-corrected chi connectivity index (χ2v) is 5.03. The molecule has 0 aliphatic rings. The Bertz CT molecular complexity index is 549. The van der Waals surface area contributed by atoms with Crippen LogP contribution in [0.15, 0.2) is 42.5 Å². The molecule has 0 radical (unpaired) electrons. The molecule has 0 saturated heterocycles. The van der Waals surface area contributed by atoms with E-state index in [0.29, 0.717) is 5.02 Å². The summed E-state index contributed by atoms with van der Waals surface area (Å²) in [6.07, 6.45) is 0.817. The highest BCUT2D eigenvalue weighted by Gasteiger charge is 2.12. The lowest BCUT2D eigenvalue weighted by Crippen LogP contribution is -2.21. The Kier molecular flexibility index (Phi) is 5.10. The summed E-state index contributed by atoms with van der Waals surface area (Å²) >= 11 is 5.85. The number of hydrogen-bond donors (Lipinski definition) is 1. The molecule has 0 aromatic heterocycles. The maximum absolute atomic E-state index is 13.6. The maximum Gasteiger partial charge on any atom is 0.130 e. The standard InChI is InChI=1S/C16H16ClF2N/c1-2-16(11-6-8-12(17)9-7-11)20-10-13-14(18)4-3-5-15(13)19/h3-9,16,20H,2,10H2,1H3. The molecule has 1 atom stereocenters. The second-order valence-electron chi connectivity index (χ2n) is 4.59. The molecule has 1 unspecified atom stereocenters. The van der Waals surface area contributed by atoms with Crippen LogP contribution in [0.1, 0.15) is 30.5 Å². The summed E-state index contributed by atoms with van der Waals surface area (Å²) in [6, 6.07) is 11.4. The number of hydrogen-bond acceptors (Lipinski definition) is 1. The summed E-state index contributed by atoms with van der Waals surface area (Å²) in [4.78, 5) is 0. The molecule has 1 nitrogen and oxygen atoms in total. The van der Waals surface area contributed by atoms with E-state index >= 15 is 0 Å². The van der Waals surface area contributed by atoms with Crippen molar-refractivity contribution < 1.29 is 8.78 Å². The number of halogens is 3. The van der Waals surface area contributed by atoms with Crippen LogP contribution < -0.4 is 5.32 Å². The molecule has 2 rings (SSSR count). The minimum absolute atomic E-state index is 0.0336. The highest BCUT2D eigenvalue weighted by Crippen LogP contribution is 2.20. The van der Waals surface area contributed by atoms with E-state index in [2.05, 4.69) is 5.32 Å². The van der Waals surface area contributed by atoms with Gasteiger partial charge in [0.05, 0.1) is 0 Å². The van der Waals surface area contributed by atoms with Gasteiger partial charge in [0.15, 0.2) is 0 Å². The average Bonchev–Trinajstić information content (AvgIpc) is 2.44.